The van der Waals surface area contributed by atoms with Gasteiger partial charge in [-0.2, -0.15) is 0 Å². The maximum absolute atomic E-state index is 6.69. The maximum atomic E-state index is 6.69. The normalized spacial score (nSPS) is 11.6. The molecule has 5 nitrogen and oxygen atoms in total. The highest BCUT2D eigenvalue weighted by molar-refractivity contribution is 6.10. The van der Waals surface area contributed by atoms with Gasteiger partial charge in [0.25, 0.3) is 0 Å². The lowest BCUT2D eigenvalue weighted by Gasteiger charge is -2.20. The second-order valence-corrected chi connectivity index (χ2v) is 13.1. The van der Waals surface area contributed by atoms with Gasteiger partial charge in [-0.1, -0.05) is 125 Å². The molecule has 49 heavy (non-hydrogen) atoms. The van der Waals surface area contributed by atoms with Crippen molar-refractivity contribution in [2.45, 2.75) is 39.5 Å². The summed E-state index contributed by atoms with van der Waals surface area (Å²) in [6.45, 7) is 9.04. The zero-order valence-electron chi connectivity index (χ0n) is 28.1. The first-order chi connectivity index (χ1) is 23.9. The van der Waals surface area contributed by atoms with E-state index in [-0.39, 0.29) is 0 Å². The largest absolute Gasteiger partial charge is 0.455 e. The average molecular weight is 637 g/mol. The highest BCUT2D eigenvalue weighted by Crippen LogP contribution is 2.40. The monoisotopic (exact) mass is 636 g/mol. The smallest absolute Gasteiger partial charge is 0.164 e. The standard InChI is InChI=1S/C44H36N4O/c1-27(2)33-17-11-18-34(28(3)4)40(33)31-23-24-45-38(25-31)37-20-12-19-36-35-22-21-32(26-39(35)49-41(36)37)44-47-42(29-13-7-5-8-14-29)46-43(48-44)30-15-9-6-10-16-30/h5-28H,1-4H3. The number of aromatic nitrogens is 4. The molecule has 3 heterocycles. The minimum atomic E-state index is 0.398. The summed E-state index contributed by atoms with van der Waals surface area (Å²) in [6.07, 6.45) is 1.92. The van der Waals surface area contributed by atoms with Crippen LogP contribution in [-0.2, 0) is 0 Å². The minimum absolute atomic E-state index is 0.398. The lowest BCUT2D eigenvalue weighted by atomic mass is 9.85. The fraction of sp³-hybridized carbons (Fsp3) is 0.136. The van der Waals surface area contributed by atoms with Crippen LogP contribution in [0.25, 0.3) is 78.5 Å². The summed E-state index contributed by atoms with van der Waals surface area (Å²) in [5, 5.41) is 2.08. The van der Waals surface area contributed by atoms with E-state index < -0.39 is 0 Å². The number of hydrogen-bond donors (Lipinski definition) is 0. The van der Waals surface area contributed by atoms with Crippen LogP contribution >= 0.6 is 0 Å². The minimum Gasteiger partial charge on any atom is -0.455 e. The number of benzene rings is 5. The third kappa shape index (κ3) is 5.67. The van der Waals surface area contributed by atoms with Crippen LogP contribution in [0.4, 0.5) is 0 Å². The Morgan fingerprint density at radius 2 is 1.08 bits per heavy atom. The van der Waals surface area contributed by atoms with Gasteiger partial charge in [0.1, 0.15) is 11.2 Å². The summed E-state index contributed by atoms with van der Waals surface area (Å²) in [5.74, 6) is 2.64. The zero-order chi connectivity index (χ0) is 33.5. The van der Waals surface area contributed by atoms with Crippen molar-refractivity contribution in [1.29, 1.82) is 0 Å². The molecule has 8 aromatic rings. The van der Waals surface area contributed by atoms with E-state index in [4.69, 9.17) is 24.4 Å². The van der Waals surface area contributed by atoms with Crippen LogP contribution < -0.4 is 0 Å². The van der Waals surface area contributed by atoms with Crippen molar-refractivity contribution in [2.24, 2.45) is 0 Å². The molecular weight excluding hydrogens is 601 g/mol. The molecular formula is C44H36N4O. The van der Waals surface area contributed by atoms with Crippen molar-refractivity contribution in [3.05, 3.63) is 145 Å². The predicted molar refractivity (Wildman–Crippen MR) is 200 cm³/mol. The summed E-state index contributed by atoms with van der Waals surface area (Å²) < 4.78 is 6.69. The molecule has 0 N–H and O–H groups in total. The molecule has 0 spiro atoms. The molecule has 0 fully saturated rings. The number of pyridine rings is 1. The summed E-state index contributed by atoms with van der Waals surface area (Å²) >= 11 is 0. The van der Waals surface area contributed by atoms with E-state index in [1.807, 2.05) is 72.9 Å². The summed E-state index contributed by atoms with van der Waals surface area (Å²) in [7, 11) is 0. The molecule has 0 unspecified atom stereocenters. The Kier molecular flexibility index (Phi) is 7.81. The van der Waals surface area contributed by atoms with Gasteiger partial charge in [-0.3, -0.25) is 4.98 Å². The van der Waals surface area contributed by atoms with Crippen molar-refractivity contribution < 1.29 is 4.42 Å². The van der Waals surface area contributed by atoms with E-state index in [0.717, 1.165) is 49.9 Å². The van der Waals surface area contributed by atoms with Gasteiger partial charge in [0, 0.05) is 39.2 Å². The third-order valence-electron chi connectivity index (χ3n) is 9.15. The molecule has 5 aromatic carbocycles. The SMILES string of the molecule is CC(C)c1cccc(C(C)C)c1-c1ccnc(-c2cccc3c2oc2cc(-c4nc(-c5ccccc5)nc(-c5ccccc5)n4)ccc23)c1. The molecule has 0 aliphatic carbocycles. The van der Waals surface area contributed by atoms with Crippen LogP contribution in [0.15, 0.2) is 138 Å². The van der Waals surface area contributed by atoms with Gasteiger partial charge in [0.15, 0.2) is 17.5 Å². The van der Waals surface area contributed by atoms with Gasteiger partial charge in [0.2, 0.25) is 0 Å². The Hall–Kier alpha value is -5.94. The molecule has 0 saturated heterocycles. The molecule has 0 aliphatic heterocycles. The number of fused-ring (bicyclic) bond motifs is 3. The van der Waals surface area contributed by atoms with Gasteiger partial charge in [0.05, 0.1) is 5.69 Å². The second kappa shape index (κ2) is 12.6. The highest BCUT2D eigenvalue weighted by atomic mass is 16.3. The van der Waals surface area contributed by atoms with Crippen LogP contribution in [0.1, 0.15) is 50.7 Å². The lowest BCUT2D eigenvalue weighted by Crippen LogP contribution is -2.00. The topological polar surface area (TPSA) is 64.7 Å². The van der Waals surface area contributed by atoms with Gasteiger partial charge in [-0.05, 0) is 64.4 Å². The number of nitrogens with zero attached hydrogens (tertiary/aromatic N) is 4. The van der Waals surface area contributed by atoms with E-state index in [9.17, 15) is 0 Å². The molecule has 0 aliphatic rings. The van der Waals surface area contributed by atoms with Gasteiger partial charge >= 0.3 is 0 Å². The first kappa shape index (κ1) is 30.4. The van der Waals surface area contributed by atoms with Gasteiger partial charge < -0.3 is 4.42 Å². The molecule has 0 radical (unpaired) electrons. The quantitative estimate of drug-likeness (QED) is 0.174. The maximum Gasteiger partial charge on any atom is 0.164 e. The third-order valence-corrected chi connectivity index (χ3v) is 9.15. The van der Waals surface area contributed by atoms with E-state index in [2.05, 4.69) is 88.4 Å². The number of furan rings is 1. The molecule has 0 bridgehead atoms. The van der Waals surface area contributed by atoms with Gasteiger partial charge in [-0.15, -0.1) is 0 Å². The van der Waals surface area contributed by atoms with E-state index >= 15 is 0 Å². The lowest BCUT2D eigenvalue weighted by molar-refractivity contribution is 0.670. The number of hydrogen-bond acceptors (Lipinski definition) is 5. The van der Waals surface area contributed by atoms with Crippen molar-refractivity contribution >= 4 is 21.9 Å². The first-order valence-electron chi connectivity index (χ1n) is 16.9. The predicted octanol–water partition coefficient (Wildman–Crippen LogP) is 11.7. The van der Waals surface area contributed by atoms with Crippen LogP contribution in [0, 0.1) is 0 Å². The number of para-hydroxylation sites is 1. The van der Waals surface area contributed by atoms with E-state index in [0.29, 0.717) is 29.3 Å². The van der Waals surface area contributed by atoms with Crippen LogP contribution in [-0.4, -0.2) is 19.9 Å². The Bertz CT molecular complexity index is 2360. The molecule has 5 heteroatoms. The first-order valence-corrected chi connectivity index (χ1v) is 16.9. The molecule has 8 rings (SSSR count). The fourth-order valence-electron chi connectivity index (χ4n) is 6.69. The van der Waals surface area contributed by atoms with Crippen LogP contribution in [0.3, 0.4) is 0 Å². The van der Waals surface area contributed by atoms with Crippen molar-refractivity contribution in [2.75, 3.05) is 0 Å². The molecule has 0 saturated carbocycles. The molecule has 238 valence electrons. The van der Waals surface area contributed by atoms with Crippen molar-refractivity contribution in [3.63, 3.8) is 0 Å². The van der Waals surface area contributed by atoms with Crippen LogP contribution in [0.2, 0.25) is 0 Å². The van der Waals surface area contributed by atoms with Crippen molar-refractivity contribution in [1.82, 2.24) is 19.9 Å². The molecule has 0 amide bonds. The van der Waals surface area contributed by atoms with E-state index in [1.165, 1.54) is 22.3 Å². The average Bonchev–Trinajstić information content (AvgIpc) is 3.53. The fourth-order valence-corrected chi connectivity index (χ4v) is 6.69. The Balaban J connectivity index is 1.25. The van der Waals surface area contributed by atoms with Gasteiger partial charge in [-0.25, -0.2) is 15.0 Å². The Labute approximate surface area is 286 Å². The zero-order valence-corrected chi connectivity index (χ0v) is 28.1. The van der Waals surface area contributed by atoms with Crippen LogP contribution in [0.5, 0.6) is 0 Å². The summed E-state index contributed by atoms with van der Waals surface area (Å²) in [6, 6.07) is 43.6. The molecule has 3 aromatic heterocycles. The Morgan fingerprint density at radius 1 is 0.490 bits per heavy atom. The molecule has 0 atom stereocenters. The summed E-state index contributed by atoms with van der Waals surface area (Å²) in [5.41, 5.74) is 11.3. The highest BCUT2D eigenvalue weighted by Gasteiger charge is 2.19. The number of rotatable bonds is 7. The second-order valence-electron chi connectivity index (χ2n) is 13.1. The summed E-state index contributed by atoms with van der Waals surface area (Å²) in [4.78, 5) is 19.6. The Morgan fingerprint density at radius 3 is 1.69 bits per heavy atom. The van der Waals surface area contributed by atoms with Crippen molar-refractivity contribution in [3.8, 4) is 56.5 Å². The van der Waals surface area contributed by atoms with E-state index in [1.54, 1.807) is 0 Å².